The van der Waals surface area contributed by atoms with Crippen LogP contribution in [0.3, 0.4) is 0 Å². The zero-order valence-electron chi connectivity index (χ0n) is 16.2. The first kappa shape index (κ1) is 19.6. The molecule has 0 aliphatic carbocycles. The van der Waals surface area contributed by atoms with Crippen molar-refractivity contribution in [2.75, 3.05) is 31.6 Å². The van der Waals surface area contributed by atoms with Gasteiger partial charge in [0.25, 0.3) is 0 Å². The van der Waals surface area contributed by atoms with E-state index in [9.17, 15) is 0 Å². The molecule has 150 valence electrons. The van der Waals surface area contributed by atoms with Crippen LogP contribution in [0.25, 0.3) is 15.8 Å². The van der Waals surface area contributed by atoms with Crippen LogP contribution in [0, 0.1) is 5.41 Å². The maximum Gasteiger partial charge on any atom is 0.184 e. The molecular weight excluding hydrogens is 382 g/mol. The number of hydrogen-bond donors (Lipinski definition) is 3. The molecule has 0 saturated carbocycles. The Bertz CT molecular complexity index is 1010. The predicted octanol–water partition coefficient (Wildman–Crippen LogP) is 3.69. The van der Waals surface area contributed by atoms with Crippen LogP contribution in [0.4, 0.5) is 5.13 Å². The maximum atomic E-state index is 7.45. The van der Waals surface area contributed by atoms with Crippen LogP contribution in [0.2, 0.25) is 0 Å². The Labute approximate surface area is 174 Å². The second-order valence-electron chi connectivity index (χ2n) is 7.03. The molecule has 4 rings (SSSR count). The highest BCUT2D eigenvalue weighted by Gasteiger charge is 2.10. The van der Waals surface area contributed by atoms with Crippen LogP contribution in [0.1, 0.15) is 16.7 Å². The molecule has 2 aromatic carbocycles. The van der Waals surface area contributed by atoms with E-state index in [-0.39, 0.29) is 0 Å². The number of rotatable bonds is 7. The maximum absolute atomic E-state index is 7.45. The largest absolute Gasteiger partial charge is 0.404 e. The van der Waals surface area contributed by atoms with E-state index in [2.05, 4.69) is 39.5 Å². The number of fused-ring (bicyclic) bond motifs is 1. The Kier molecular flexibility index (Phi) is 6.19. The Morgan fingerprint density at radius 1 is 1.17 bits per heavy atom. The molecule has 4 N–H and O–H groups in total. The first-order valence-electron chi connectivity index (χ1n) is 9.70. The summed E-state index contributed by atoms with van der Waals surface area (Å²) in [5, 5.41) is 11.8. The van der Waals surface area contributed by atoms with E-state index >= 15 is 0 Å². The highest BCUT2D eigenvalue weighted by molar-refractivity contribution is 7.22. The number of anilines is 1. The second-order valence-corrected chi connectivity index (χ2v) is 8.06. The normalized spacial score (nSPS) is 15.5. The number of aromatic nitrogens is 1. The number of morpholine rings is 1. The van der Waals surface area contributed by atoms with Gasteiger partial charge in [0.2, 0.25) is 0 Å². The number of nitrogens with two attached hydrogens (primary N) is 1. The lowest BCUT2D eigenvalue weighted by Gasteiger charge is -2.26. The Morgan fingerprint density at radius 2 is 1.93 bits per heavy atom. The minimum Gasteiger partial charge on any atom is -0.404 e. The Hall–Kier alpha value is -2.74. The van der Waals surface area contributed by atoms with Gasteiger partial charge >= 0.3 is 0 Å². The van der Waals surface area contributed by atoms with Crippen molar-refractivity contribution >= 4 is 38.5 Å². The highest BCUT2D eigenvalue weighted by atomic mass is 32.1. The molecular formula is C22H25N5OS. The van der Waals surface area contributed by atoms with Crippen LogP contribution >= 0.6 is 11.3 Å². The highest BCUT2D eigenvalue weighted by Crippen LogP contribution is 2.28. The van der Waals surface area contributed by atoms with Crippen LogP contribution in [0.5, 0.6) is 0 Å². The Morgan fingerprint density at radius 3 is 2.66 bits per heavy atom. The molecule has 2 heterocycles. The van der Waals surface area contributed by atoms with Gasteiger partial charge in [-0.1, -0.05) is 41.7 Å². The molecule has 6 nitrogen and oxygen atoms in total. The molecule has 7 heteroatoms. The van der Waals surface area contributed by atoms with E-state index in [0.29, 0.717) is 5.57 Å². The summed E-state index contributed by atoms with van der Waals surface area (Å²) in [4.78, 5) is 7.08. The van der Waals surface area contributed by atoms with Crippen molar-refractivity contribution in [3.63, 3.8) is 0 Å². The van der Waals surface area contributed by atoms with Crippen molar-refractivity contribution in [2.45, 2.75) is 13.1 Å². The van der Waals surface area contributed by atoms with Crippen molar-refractivity contribution in [1.82, 2.24) is 9.88 Å². The van der Waals surface area contributed by atoms with Crippen molar-refractivity contribution in [3.8, 4) is 0 Å². The van der Waals surface area contributed by atoms with Crippen molar-refractivity contribution in [3.05, 3.63) is 65.4 Å². The topological polar surface area (TPSA) is 87.3 Å². The number of nitrogens with one attached hydrogen (secondary N) is 2. The van der Waals surface area contributed by atoms with Gasteiger partial charge in [-0.3, -0.25) is 4.90 Å². The lowest BCUT2D eigenvalue weighted by molar-refractivity contribution is 0.0342. The van der Waals surface area contributed by atoms with Gasteiger partial charge in [0, 0.05) is 44.2 Å². The minimum absolute atomic E-state index is 0.701. The molecule has 0 bridgehead atoms. The first-order chi connectivity index (χ1) is 14.2. The number of hydrogen-bond acceptors (Lipinski definition) is 7. The molecule has 1 aromatic heterocycles. The first-order valence-corrected chi connectivity index (χ1v) is 10.5. The lowest BCUT2D eigenvalue weighted by atomic mass is 10.1. The Balaban J connectivity index is 1.38. The third-order valence-corrected chi connectivity index (χ3v) is 6.01. The van der Waals surface area contributed by atoms with Crippen molar-refractivity contribution < 1.29 is 4.74 Å². The van der Waals surface area contributed by atoms with Gasteiger partial charge in [0.15, 0.2) is 5.13 Å². The van der Waals surface area contributed by atoms with E-state index in [1.165, 1.54) is 23.5 Å². The summed E-state index contributed by atoms with van der Waals surface area (Å²) < 4.78 is 6.48. The molecule has 0 amide bonds. The van der Waals surface area contributed by atoms with Gasteiger partial charge in [-0.05, 0) is 28.8 Å². The quantitative estimate of drug-likeness (QED) is 0.520. The molecule has 0 spiro atoms. The summed E-state index contributed by atoms with van der Waals surface area (Å²) in [6, 6.07) is 14.7. The van der Waals surface area contributed by atoms with Gasteiger partial charge < -0.3 is 21.2 Å². The fraction of sp³-hybridized carbons (Fsp3) is 0.273. The predicted molar refractivity (Wildman–Crippen MR) is 120 cm³/mol. The molecule has 0 unspecified atom stereocenters. The monoisotopic (exact) mass is 407 g/mol. The van der Waals surface area contributed by atoms with E-state index in [1.54, 1.807) is 11.3 Å². The molecule has 1 aliphatic rings. The number of ether oxygens (including phenoxy) is 1. The van der Waals surface area contributed by atoms with Crippen LogP contribution in [-0.2, 0) is 17.8 Å². The standard InChI is InChI=1S/C22H25N5OS/c23-12-19(13-24)18-5-6-20-21(11-18)29-22(26-20)25-14-16-1-3-17(4-2-16)15-27-7-9-28-10-8-27/h1-6,11-13,23H,7-10,14-15,24H2,(H,25,26)/b19-13+,23-12?. The smallest absolute Gasteiger partial charge is 0.184 e. The van der Waals surface area contributed by atoms with Gasteiger partial charge in [0.1, 0.15) is 0 Å². The van der Waals surface area contributed by atoms with E-state index in [4.69, 9.17) is 15.9 Å². The third-order valence-electron chi connectivity index (χ3n) is 5.03. The third kappa shape index (κ3) is 4.82. The summed E-state index contributed by atoms with van der Waals surface area (Å²) in [7, 11) is 0. The van der Waals surface area contributed by atoms with E-state index < -0.39 is 0 Å². The van der Waals surface area contributed by atoms with Crippen molar-refractivity contribution in [1.29, 1.82) is 5.41 Å². The summed E-state index contributed by atoms with van der Waals surface area (Å²) in [5.74, 6) is 0. The van der Waals surface area contributed by atoms with Crippen LogP contribution in [-0.4, -0.2) is 42.4 Å². The van der Waals surface area contributed by atoms with E-state index in [1.807, 2.05) is 18.2 Å². The molecule has 1 saturated heterocycles. The molecule has 1 fully saturated rings. The molecule has 3 aromatic rings. The molecule has 29 heavy (non-hydrogen) atoms. The lowest BCUT2D eigenvalue weighted by Crippen LogP contribution is -2.35. The van der Waals surface area contributed by atoms with Crippen molar-refractivity contribution in [2.24, 2.45) is 5.73 Å². The zero-order valence-corrected chi connectivity index (χ0v) is 17.0. The fourth-order valence-corrected chi connectivity index (χ4v) is 4.27. The van der Waals surface area contributed by atoms with Crippen LogP contribution in [0.15, 0.2) is 48.7 Å². The SMILES string of the molecule is N=C/C(=C\N)c1ccc2nc(NCc3ccc(CN4CCOCC4)cc3)sc2c1. The second kappa shape index (κ2) is 9.17. The number of benzene rings is 2. The summed E-state index contributed by atoms with van der Waals surface area (Å²) in [6.07, 6.45) is 2.72. The average molecular weight is 408 g/mol. The average Bonchev–Trinajstić information content (AvgIpc) is 3.17. The minimum atomic E-state index is 0.701. The molecule has 0 atom stereocenters. The van der Waals surface area contributed by atoms with Gasteiger partial charge in [-0.25, -0.2) is 4.98 Å². The van der Waals surface area contributed by atoms with Gasteiger partial charge in [-0.15, -0.1) is 0 Å². The molecule has 1 aliphatic heterocycles. The number of thiazole rings is 1. The number of nitrogens with zero attached hydrogens (tertiary/aromatic N) is 2. The number of allylic oxidation sites excluding steroid dienone is 1. The van der Waals surface area contributed by atoms with E-state index in [0.717, 1.165) is 60.3 Å². The van der Waals surface area contributed by atoms with Gasteiger partial charge in [-0.2, -0.15) is 0 Å². The fourth-order valence-electron chi connectivity index (χ4n) is 3.37. The zero-order chi connectivity index (χ0) is 20.1. The summed E-state index contributed by atoms with van der Waals surface area (Å²) in [6.45, 7) is 5.38. The summed E-state index contributed by atoms with van der Waals surface area (Å²) >= 11 is 1.61. The van der Waals surface area contributed by atoms with Gasteiger partial charge in [0.05, 0.1) is 23.4 Å². The van der Waals surface area contributed by atoms with Crippen LogP contribution < -0.4 is 11.1 Å². The summed E-state index contributed by atoms with van der Waals surface area (Å²) in [5.41, 5.74) is 10.7. The molecule has 0 radical (unpaired) electrons.